The molecule has 4 aromatic rings. The van der Waals surface area contributed by atoms with E-state index in [1.165, 1.54) is 11.3 Å². The van der Waals surface area contributed by atoms with Gasteiger partial charge in [0.2, 0.25) is 0 Å². The van der Waals surface area contributed by atoms with E-state index in [4.69, 9.17) is 5.26 Å². The van der Waals surface area contributed by atoms with Crippen LogP contribution in [0.3, 0.4) is 0 Å². The molecule has 6 rings (SSSR count). The Morgan fingerprint density at radius 3 is 2.73 bits per heavy atom. The minimum atomic E-state index is -2.54. The fourth-order valence-corrected chi connectivity index (χ4v) is 6.52. The van der Waals surface area contributed by atoms with E-state index in [1.807, 2.05) is 41.2 Å². The maximum absolute atomic E-state index is 13.6. The normalized spacial score (nSPS) is 18.6. The average Bonchev–Trinajstić information content (AvgIpc) is 3.59. The first-order valence-electron chi connectivity index (χ1n) is 13.4. The third-order valence-electron chi connectivity index (χ3n) is 7.69. The summed E-state index contributed by atoms with van der Waals surface area (Å²) < 4.78 is 29.0. The van der Waals surface area contributed by atoms with Gasteiger partial charge in [0.25, 0.3) is 11.8 Å². The van der Waals surface area contributed by atoms with Crippen LogP contribution in [0.2, 0.25) is 0 Å². The number of rotatable bonds is 6. The lowest BCUT2D eigenvalue weighted by Gasteiger charge is -2.38. The highest BCUT2D eigenvalue weighted by molar-refractivity contribution is 7.15. The lowest BCUT2D eigenvalue weighted by Crippen LogP contribution is -2.46. The first-order valence-corrected chi connectivity index (χ1v) is 14.2. The summed E-state index contributed by atoms with van der Waals surface area (Å²) in [5, 5.41) is 17.0. The van der Waals surface area contributed by atoms with Crippen molar-refractivity contribution in [2.24, 2.45) is 0 Å². The van der Waals surface area contributed by atoms with Gasteiger partial charge in [-0.2, -0.15) is 10.4 Å². The first kappa shape index (κ1) is 26.3. The second kappa shape index (κ2) is 10.9. The van der Waals surface area contributed by atoms with Crippen LogP contribution in [0.15, 0.2) is 60.9 Å². The number of carbonyl (C=O) groups excluding carboxylic acids is 1. The highest BCUT2D eigenvalue weighted by Gasteiger charge is 2.37. The van der Waals surface area contributed by atoms with E-state index >= 15 is 0 Å². The summed E-state index contributed by atoms with van der Waals surface area (Å²) in [6.07, 6.45) is 6.07. The second-order valence-corrected chi connectivity index (χ2v) is 11.5. The summed E-state index contributed by atoms with van der Waals surface area (Å²) in [5.41, 5.74) is 5.03. The number of likely N-dealkylation sites (tertiary alicyclic amines) is 1. The zero-order valence-corrected chi connectivity index (χ0v) is 22.6. The smallest absolute Gasteiger partial charge is 0.257 e. The number of piperidine rings is 1. The zero-order chi connectivity index (χ0) is 27.7. The monoisotopic (exact) mass is 558 g/mol. The van der Waals surface area contributed by atoms with Crippen molar-refractivity contribution in [1.29, 1.82) is 5.26 Å². The quantitative estimate of drug-likeness (QED) is 0.325. The topological polar surface area (TPSA) is 86.8 Å². The molecule has 0 radical (unpaired) electrons. The number of amides is 1. The Morgan fingerprint density at radius 1 is 1.15 bits per heavy atom. The standard InChI is InChI=1S/C30H28F2N6OS/c31-30(32)10-12-37(13-11-30)25-8-9-26-27(15-25)40-29(35-26)36-28(39)23-3-1-2-21(14-23)18-38-19-24(17-34-38)22-6-4-20(16-33)5-7-22/h1-7,14,17,19,25H,8-13,15,18H2,(H,35,36,39). The third kappa shape index (κ3) is 5.81. The highest BCUT2D eigenvalue weighted by atomic mass is 32.1. The van der Waals surface area contributed by atoms with Crippen molar-refractivity contribution in [2.45, 2.75) is 50.6 Å². The van der Waals surface area contributed by atoms with Crippen LogP contribution >= 0.6 is 11.3 Å². The summed E-state index contributed by atoms with van der Waals surface area (Å²) in [6.45, 7) is 1.37. The first-order chi connectivity index (χ1) is 19.3. The van der Waals surface area contributed by atoms with E-state index in [1.54, 1.807) is 24.4 Å². The van der Waals surface area contributed by atoms with E-state index in [-0.39, 0.29) is 24.8 Å². The third-order valence-corrected chi connectivity index (χ3v) is 8.73. The molecule has 1 fully saturated rings. The summed E-state index contributed by atoms with van der Waals surface area (Å²) in [5.74, 6) is -2.76. The molecule has 1 unspecified atom stereocenters. The van der Waals surface area contributed by atoms with Crippen LogP contribution in [-0.2, 0) is 19.4 Å². The van der Waals surface area contributed by atoms with Crippen LogP contribution in [-0.4, -0.2) is 50.6 Å². The molecule has 2 aromatic carbocycles. The van der Waals surface area contributed by atoms with Gasteiger partial charge in [0.1, 0.15) is 0 Å². The molecule has 3 heterocycles. The van der Waals surface area contributed by atoms with E-state index in [0.717, 1.165) is 46.5 Å². The zero-order valence-electron chi connectivity index (χ0n) is 21.8. The van der Waals surface area contributed by atoms with E-state index < -0.39 is 5.92 Å². The maximum atomic E-state index is 13.6. The molecule has 204 valence electrons. The number of aromatic nitrogens is 3. The van der Waals surface area contributed by atoms with E-state index in [2.05, 4.69) is 26.4 Å². The Kier molecular flexibility index (Phi) is 7.17. The SMILES string of the molecule is N#Cc1ccc(-c2cnn(Cc3cccc(C(=O)Nc4nc5c(s4)CC(N4CCC(F)(F)CC4)CC5)c3)c2)cc1. The van der Waals surface area contributed by atoms with E-state index in [9.17, 15) is 13.6 Å². The summed E-state index contributed by atoms with van der Waals surface area (Å²) in [7, 11) is 0. The van der Waals surface area contributed by atoms with Crippen molar-refractivity contribution in [2.75, 3.05) is 18.4 Å². The van der Waals surface area contributed by atoms with Gasteiger partial charge in [0, 0.05) is 54.2 Å². The van der Waals surface area contributed by atoms with Crippen molar-refractivity contribution in [3.8, 4) is 17.2 Å². The summed E-state index contributed by atoms with van der Waals surface area (Å²) in [6, 6.07) is 17.2. The fourth-order valence-electron chi connectivity index (χ4n) is 5.44. The largest absolute Gasteiger partial charge is 0.300 e. The van der Waals surface area contributed by atoms with Crippen LogP contribution in [0, 0.1) is 11.3 Å². The number of nitrogens with zero attached hydrogens (tertiary/aromatic N) is 5. The molecule has 1 aliphatic heterocycles. The molecule has 40 heavy (non-hydrogen) atoms. The fraction of sp³-hybridized carbons (Fsp3) is 0.333. The number of anilines is 1. The minimum absolute atomic E-state index is 0.0713. The van der Waals surface area contributed by atoms with Crippen molar-refractivity contribution < 1.29 is 13.6 Å². The molecule has 1 N–H and O–H groups in total. The number of nitriles is 1. The Morgan fingerprint density at radius 2 is 1.95 bits per heavy atom. The van der Waals surface area contributed by atoms with Gasteiger partial charge in [-0.05, 0) is 54.7 Å². The number of benzene rings is 2. The van der Waals surface area contributed by atoms with Gasteiger partial charge < -0.3 is 0 Å². The number of nitrogens with one attached hydrogen (secondary N) is 1. The van der Waals surface area contributed by atoms with Crippen molar-refractivity contribution >= 4 is 22.4 Å². The van der Waals surface area contributed by atoms with Crippen molar-refractivity contribution in [3.05, 3.63) is 88.2 Å². The maximum Gasteiger partial charge on any atom is 0.257 e. The average molecular weight is 559 g/mol. The van der Waals surface area contributed by atoms with Crippen LogP contribution in [0.1, 0.15) is 51.3 Å². The summed E-state index contributed by atoms with van der Waals surface area (Å²) >= 11 is 1.49. The van der Waals surface area contributed by atoms with Gasteiger partial charge in [0.15, 0.2) is 5.13 Å². The minimum Gasteiger partial charge on any atom is -0.300 e. The molecular weight excluding hydrogens is 530 g/mol. The molecule has 0 saturated carbocycles. The number of carbonyl (C=O) groups is 1. The predicted octanol–water partition coefficient (Wildman–Crippen LogP) is 5.77. The Balaban J connectivity index is 1.08. The lowest BCUT2D eigenvalue weighted by molar-refractivity contribution is -0.0638. The predicted molar refractivity (Wildman–Crippen MR) is 150 cm³/mol. The molecule has 2 aliphatic rings. The molecule has 0 bridgehead atoms. The molecule has 10 heteroatoms. The highest BCUT2D eigenvalue weighted by Crippen LogP contribution is 2.35. The Hall–Kier alpha value is -3.94. The molecule has 0 spiro atoms. The van der Waals surface area contributed by atoms with Crippen LogP contribution < -0.4 is 5.32 Å². The van der Waals surface area contributed by atoms with Gasteiger partial charge in [-0.15, -0.1) is 11.3 Å². The van der Waals surface area contributed by atoms with Gasteiger partial charge in [-0.1, -0.05) is 24.3 Å². The number of aryl methyl sites for hydroxylation is 1. The van der Waals surface area contributed by atoms with Crippen LogP contribution in [0.25, 0.3) is 11.1 Å². The number of fused-ring (bicyclic) bond motifs is 1. The Bertz CT molecular complexity index is 1560. The van der Waals surface area contributed by atoms with Gasteiger partial charge in [0.05, 0.1) is 30.1 Å². The van der Waals surface area contributed by atoms with Crippen LogP contribution in [0.5, 0.6) is 0 Å². The van der Waals surface area contributed by atoms with Gasteiger partial charge in [-0.25, -0.2) is 13.8 Å². The lowest BCUT2D eigenvalue weighted by atomic mass is 9.94. The number of thiazole rings is 1. The summed E-state index contributed by atoms with van der Waals surface area (Å²) in [4.78, 5) is 21.1. The molecule has 2 aromatic heterocycles. The van der Waals surface area contributed by atoms with Gasteiger partial charge >= 0.3 is 0 Å². The molecule has 7 nitrogen and oxygen atoms in total. The van der Waals surface area contributed by atoms with Gasteiger partial charge in [-0.3, -0.25) is 19.7 Å². The number of alkyl halides is 2. The molecule has 1 aliphatic carbocycles. The molecule has 1 amide bonds. The Labute approximate surface area is 235 Å². The molecule has 1 saturated heterocycles. The van der Waals surface area contributed by atoms with E-state index in [0.29, 0.717) is 35.9 Å². The van der Waals surface area contributed by atoms with Crippen molar-refractivity contribution in [1.82, 2.24) is 19.7 Å². The molecular formula is C30H28F2N6OS. The second-order valence-electron chi connectivity index (χ2n) is 10.4. The van der Waals surface area contributed by atoms with Crippen LogP contribution in [0.4, 0.5) is 13.9 Å². The molecule has 1 atom stereocenters. The number of hydrogen-bond donors (Lipinski definition) is 1. The number of halogens is 2. The van der Waals surface area contributed by atoms with Crippen molar-refractivity contribution in [3.63, 3.8) is 0 Å². The number of hydrogen-bond acceptors (Lipinski definition) is 6.